The number of ether oxygens (including phenoxy) is 1. The molecule has 0 bridgehead atoms. The summed E-state index contributed by atoms with van der Waals surface area (Å²) in [5.74, 6) is 1.08. The van der Waals surface area contributed by atoms with Gasteiger partial charge in [-0.1, -0.05) is 0 Å². The van der Waals surface area contributed by atoms with Crippen LogP contribution in [-0.2, 0) is 6.42 Å². The van der Waals surface area contributed by atoms with Crippen molar-refractivity contribution >= 4 is 6.08 Å². The molecule has 0 radical (unpaired) electrons. The van der Waals surface area contributed by atoms with Crippen molar-refractivity contribution < 1.29 is 14.3 Å². The van der Waals surface area contributed by atoms with Crippen molar-refractivity contribution in [3.8, 4) is 5.75 Å². The fraction of sp³-hybridized carbons (Fsp3) is 0.533. The first-order valence-electron chi connectivity index (χ1n) is 6.85. The van der Waals surface area contributed by atoms with Gasteiger partial charge in [-0.05, 0) is 44.3 Å². The van der Waals surface area contributed by atoms with Crippen LogP contribution in [0.5, 0.6) is 5.75 Å². The molecular weight excluding hydrogens is 244 g/mol. The maximum absolute atomic E-state index is 12.0. The van der Waals surface area contributed by atoms with Crippen LogP contribution in [0.2, 0.25) is 0 Å². The summed E-state index contributed by atoms with van der Waals surface area (Å²) >= 11 is 0. The number of hydrogen-bond acceptors (Lipinski definition) is 4. The Morgan fingerprint density at radius 1 is 1.47 bits per heavy atom. The number of hydrogen-bond donors (Lipinski definition) is 1. The molecule has 0 aromatic carbocycles. The zero-order chi connectivity index (χ0) is 13.4. The van der Waals surface area contributed by atoms with Gasteiger partial charge in [0.25, 0.3) is 0 Å². The van der Waals surface area contributed by atoms with Gasteiger partial charge in [0.1, 0.15) is 23.2 Å². The third-order valence-corrected chi connectivity index (χ3v) is 3.69. The lowest BCUT2D eigenvalue weighted by Gasteiger charge is -2.30. The molecule has 4 nitrogen and oxygen atoms in total. The minimum atomic E-state index is -0.537. The van der Waals surface area contributed by atoms with Crippen LogP contribution in [0.4, 0.5) is 0 Å². The molecule has 2 heterocycles. The Hall–Kier alpha value is -1.55. The van der Waals surface area contributed by atoms with Gasteiger partial charge in [0.2, 0.25) is 0 Å². The summed E-state index contributed by atoms with van der Waals surface area (Å²) in [6.07, 6.45) is 6.17. The fourth-order valence-electron chi connectivity index (χ4n) is 2.79. The zero-order valence-corrected chi connectivity index (χ0v) is 11.0. The summed E-state index contributed by atoms with van der Waals surface area (Å²) < 4.78 is 11.2. The van der Waals surface area contributed by atoms with Gasteiger partial charge in [0.05, 0.1) is 6.10 Å². The summed E-state index contributed by atoms with van der Waals surface area (Å²) in [5.41, 5.74) is 1.35. The van der Waals surface area contributed by atoms with E-state index in [4.69, 9.17) is 9.15 Å². The van der Waals surface area contributed by atoms with E-state index in [9.17, 15) is 9.90 Å². The Balaban J connectivity index is 2.00. The maximum atomic E-state index is 12.0. The van der Waals surface area contributed by atoms with Crippen molar-refractivity contribution in [2.75, 3.05) is 0 Å². The monoisotopic (exact) mass is 262 g/mol. The second-order valence-electron chi connectivity index (χ2n) is 5.40. The topological polar surface area (TPSA) is 59.7 Å². The zero-order valence-electron chi connectivity index (χ0n) is 11.0. The SMILES string of the molecule is CC(O)Cc1cc2c(c(=O)o1)C=C1CCCCC1O2. The highest BCUT2D eigenvalue weighted by Gasteiger charge is 2.27. The van der Waals surface area contributed by atoms with Gasteiger partial charge in [-0.15, -0.1) is 0 Å². The van der Waals surface area contributed by atoms with Crippen molar-refractivity contribution in [2.24, 2.45) is 0 Å². The summed E-state index contributed by atoms with van der Waals surface area (Å²) in [4.78, 5) is 12.0. The van der Waals surface area contributed by atoms with E-state index in [1.807, 2.05) is 6.08 Å². The normalized spacial score (nSPS) is 22.8. The van der Waals surface area contributed by atoms with Gasteiger partial charge in [-0.25, -0.2) is 4.79 Å². The van der Waals surface area contributed by atoms with Crippen molar-refractivity contribution in [1.82, 2.24) is 0 Å². The van der Waals surface area contributed by atoms with Crippen LogP contribution in [0, 0.1) is 0 Å². The molecule has 2 atom stereocenters. The first-order chi connectivity index (χ1) is 9.13. The third-order valence-electron chi connectivity index (χ3n) is 3.69. The van der Waals surface area contributed by atoms with E-state index in [2.05, 4.69) is 0 Å². The van der Waals surface area contributed by atoms with Crippen LogP contribution >= 0.6 is 0 Å². The van der Waals surface area contributed by atoms with Crippen molar-refractivity contribution in [1.29, 1.82) is 0 Å². The number of aliphatic hydroxyl groups is 1. The third kappa shape index (κ3) is 2.45. The van der Waals surface area contributed by atoms with Gasteiger partial charge in [0.15, 0.2) is 0 Å². The molecule has 19 heavy (non-hydrogen) atoms. The highest BCUT2D eigenvalue weighted by Crippen LogP contribution is 2.35. The Kier molecular flexibility index (Phi) is 3.19. The summed E-state index contributed by atoms with van der Waals surface area (Å²) in [5, 5.41) is 9.37. The fourth-order valence-corrected chi connectivity index (χ4v) is 2.79. The summed E-state index contributed by atoms with van der Waals surface area (Å²) in [7, 11) is 0. The summed E-state index contributed by atoms with van der Waals surface area (Å²) in [6.45, 7) is 1.67. The first-order valence-corrected chi connectivity index (χ1v) is 6.85. The molecule has 0 saturated heterocycles. The lowest BCUT2D eigenvalue weighted by Crippen LogP contribution is -2.28. The average Bonchev–Trinajstić information content (AvgIpc) is 2.36. The van der Waals surface area contributed by atoms with Crippen LogP contribution in [-0.4, -0.2) is 17.3 Å². The molecule has 3 rings (SSSR count). The number of fused-ring (bicyclic) bond motifs is 2. The number of aliphatic hydroxyl groups excluding tert-OH is 1. The van der Waals surface area contributed by atoms with E-state index in [0.717, 1.165) is 19.3 Å². The Labute approximate surface area is 111 Å². The molecule has 1 aliphatic carbocycles. The van der Waals surface area contributed by atoms with Gasteiger partial charge in [-0.2, -0.15) is 0 Å². The van der Waals surface area contributed by atoms with Crippen LogP contribution in [0.3, 0.4) is 0 Å². The number of rotatable bonds is 2. The molecule has 4 heteroatoms. The first kappa shape index (κ1) is 12.5. The molecule has 2 unspecified atom stereocenters. The molecule has 102 valence electrons. The minimum absolute atomic E-state index is 0.113. The van der Waals surface area contributed by atoms with Gasteiger partial charge in [-0.3, -0.25) is 0 Å². The van der Waals surface area contributed by atoms with Gasteiger partial charge < -0.3 is 14.3 Å². The molecule has 1 aromatic rings. The van der Waals surface area contributed by atoms with E-state index >= 15 is 0 Å². The van der Waals surface area contributed by atoms with Crippen LogP contribution in [0.25, 0.3) is 6.08 Å². The van der Waals surface area contributed by atoms with Gasteiger partial charge in [0, 0.05) is 12.5 Å². The molecule has 1 saturated carbocycles. The molecule has 0 spiro atoms. The Morgan fingerprint density at radius 3 is 3.11 bits per heavy atom. The maximum Gasteiger partial charge on any atom is 0.347 e. The molecule has 1 aromatic heterocycles. The van der Waals surface area contributed by atoms with E-state index in [0.29, 0.717) is 23.5 Å². The highest BCUT2D eigenvalue weighted by molar-refractivity contribution is 5.62. The molecule has 0 amide bonds. The van der Waals surface area contributed by atoms with Crippen molar-refractivity contribution in [2.45, 2.75) is 51.2 Å². The Bertz CT molecular complexity index is 568. The van der Waals surface area contributed by atoms with Crippen molar-refractivity contribution in [3.63, 3.8) is 0 Å². The standard InChI is InChI=1S/C15H18O4/c1-9(16)6-11-8-14-12(15(17)18-11)7-10-4-2-3-5-13(10)19-14/h7-9,13,16H,2-6H2,1H3. The lowest BCUT2D eigenvalue weighted by atomic mass is 9.89. The van der Waals surface area contributed by atoms with Crippen LogP contribution in [0.1, 0.15) is 43.9 Å². The highest BCUT2D eigenvalue weighted by atomic mass is 16.5. The predicted molar refractivity (Wildman–Crippen MR) is 71.2 cm³/mol. The van der Waals surface area contributed by atoms with E-state index in [-0.39, 0.29) is 11.7 Å². The van der Waals surface area contributed by atoms with Gasteiger partial charge >= 0.3 is 5.63 Å². The largest absolute Gasteiger partial charge is 0.485 e. The molecule has 2 aliphatic rings. The smallest absolute Gasteiger partial charge is 0.347 e. The second-order valence-corrected chi connectivity index (χ2v) is 5.40. The molecular formula is C15H18O4. The van der Waals surface area contributed by atoms with E-state index < -0.39 is 6.10 Å². The lowest BCUT2D eigenvalue weighted by molar-refractivity contribution is 0.181. The van der Waals surface area contributed by atoms with E-state index in [1.54, 1.807) is 13.0 Å². The predicted octanol–water partition coefficient (Wildman–Crippen LogP) is 2.28. The van der Waals surface area contributed by atoms with Crippen LogP contribution < -0.4 is 10.4 Å². The quantitative estimate of drug-likeness (QED) is 0.888. The molecule has 1 aliphatic heterocycles. The second kappa shape index (κ2) is 4.85. The van der Waals surface area contributed by atoms with Crippen LogP contribution in [0.15, 0.2) is 20.9 Å². The van der Waals surface area contributed by atoms with Crippen molar-refractivity contribution in [3.05, 3.63) is 33.4 Å². The summed E-state index contributed by atoms with van der Waals surface area (Å²) in [6, 6.07) is 1.74. The molecule has 1 N–H and O–H groups in total. The van der Waals surface area contributed by atoms with E-state index in [1.165, 1.54) is 12.0 Å². The Morgan fingerprint density at radius 2 is 2.32 bits per heavy atom. The minimum Gasteiger partial charge on any atom is -0.485 e. The average molecular weight is 262 g/mol. The molecule has 1 fully saturated rings.